The number of carbonyl (C=O) groups is 2. The first-order chi connectivity index (χ1) is 6.25. The van der Waals surface area contributed by atoms with E-state index >= 15 is 0 Å². The lowest BCUT2D eigenvalue weighted by molar-refractivity contribution is -0.141. The number of allylic oxidation sites excluding steroid dienone is 1. The molecule has 1 N–H and O–H groups in total. The Balaban J connectivity index is 4.45. The quantitative estimate of drug-likeness (QED) is 0.674. The third kappa shape index (κ3) is 4.64. The number of carboxylic acids is 1. The molecule has 0 unspecified atom stereocenters. The van der Waals surface area contributed by atoms with Gasteiger partial charge in [-0.2, -0.15) is 0 Å². The first-order valence-corrected chi connectivity index (χ1v) is 4.36. The molecule has 0 aliphatic heterocycles. The number of hydrogen-bond donors (Lipinski definition) is 1. The third-order valence-electron chi connectivity index (χ3n) is 1.82. The molecule has 0 aromatic rings. The number of rotatable bonds is 5. The van der Waals surface area contributed by atoms with E-state index in [9.17, 15) is 9.59 Å². The normalized spacial score (nSPS) is 11.7. The first kappa shape index (κ1) is 12.7. The molecule has 0 spiro atoms. The lowest BCUT2D eigenvalue weighted by atomic mass is 9.86. The highest BCUT2D eigenvalue weighted by molar-refractivity contribution is 5.98. The van der Waals surface area contributed by atoms with Crippen LogP contribution in [0.2, 0.25) is 0 Å². The van der Waals surface area contributed by atoms with Crippen molar-refractivity contribution in [2.45, 2.75) is 20.3 Å². The van der Waals surface area contributed by atoms with Crippen LogP contribution in [0.5, 0.6) is 0 Å². The van der Waals surface area contributed by atoms with Crippen LogP contribution >= 0.6 is 0 Å². The summed E-state index contributed by atoms with van der Waals surface area (Å²) in [7, 11) is 3.68. The monoisotopic (exact) mass is 199 g/mol. The average molecular weight is 199 g/mol. The van der Waals surface area contributed by atoms with E-state index in [2.05, 4.69) is 0 Å². The van der Waals surface area contributed by atoms with E-state index < -0.39 is 17.8 Å². The standard InChI is InChI=1S/C10H17NO3/c1-10(2,5-6-11(3)4)8(12)7-9(13)14/h5-6H,7H2,1-4H3,(H,13,14). The van der Waals surface area contributed by atoms with Gasteiger partial charge < -0.3 is 10.0 Å². The lowest BCUT2D eigenvalue weighted by Crippen LogP contribution is -2.24. The molecule has 0 fully saturated rings. The number of aliphatic carboxylic acids is 1. The van der Waals surface area contributed by atoms with Crippen molar-refractivity contribution < 1.29 is 14.7 Å². The van der Waals surface area contributed by atoms with Crippen molar-refractivity contribution in [2.24, 2.45) is 5.41 Å². The van der Waals surface area contributed by atoms with Crippen LogP contribution in [-0.4, -0.2) is 35.9 Å². The van der Waals surface area contributed by atoms with Crippen LogP contribution in [0.25, 0.3) is 0 Å². The molecule has 0 amide bonds. The van der Waals surface area contributed by atoms with Crippen LogP contribution < -0.4 is 0 Å². The summed E-state index contributed by atoms with van der Waals surface area (Å²) in [6.07, 6.45) is 3.03. The minimum absolute atomic E-state index is 0.289. The van der Waals surface area contributed by atoms with Gasteiger partial charge in [0.05, 0.1) is 0 Å². The summed E-state index contributed by atoms with van der Waals surface area (Å²) < 4.78 is 0. The predicted octanol–water partition coefficient (Wildman–Crippen LogP) is 1.13. The molecule has 4 heteroatoms. The predicted molar refractivity (Wildman–Crippen MR) is 53.9 cm³/mol. The van der Waals surface area contributed by atoms with Crippen molar-refractivity contribution in [3.05, 3.63) is 12.3 Å². The van der Waals surface area contributed by atoms with E-state index in [0.717, 1.165) is 0 Å². The van der Waals surface area contributed by atoms with Crippen molar-refractivity contribution in [1.29, 1.82) is 0 Å². The van der Waals surface area contributed by atoms with E-state index in [0.29, 0.717) is 0 Å². The van der Waals surface area contributed by atoms with Gasteiger partial charge in [-0.25, -0.2) is 0 Å². The zero-order valence-electron chi connectivity index (χ0n) is 9.07. The topological polar surface area (TPSA) is 57.6 Å². The fourth-order valence-electron chi connectivity index (χ4n) is 0.794. The van der Waals surface area contributed by atoms with Gasteiger partial charge in [-0.15, -0.1) is 0 Å². The molecule has 0 aromatic heterocycles. The van der Waals surface area contributed by atoms with Crippen molar-refractivity contribution in [3.63, 3.8) is 0 Å². The third-order valence-corrected chi connectivity index (χ3v) is 1.82. The largest absolute Gasteiger partial charge is 0.481 e. The molecule has 0 aromatic carbocycles. The number of ketones is 1. The molecule has 0 bridgehead atoms. The van der Waals surface area contributed by atoms with E-state index in [1.54, 1.807) is 31.0 Å². The van der Waals surface area contributed by atoms with Gasteiger partial charge in [0.2, 0.25) is 0 Å². The Bertz CT molecular complexity index is 254. The zero-order valence-corrected chi connectivity index (χ0v) is 9.07. The number of Topliss-reactive ketones (excluding diaryl/α,β-unsaturated/α-hetero) is 1. The van der Waals surface area contributed by atoms with E-state index in [-0.39, 0.29) is 5.78 Å². The van der Waals surface area contributed by atoms with Crippen LogP contribution in [-0.2, 0) is 9.59 Å². The molecular weight excluding hydrogens is 182 g/mol. The maximum atomic E-state index is 11.4. The number of carbonyl (C=O) groups excluding carboxylic acids is 1. The molecule has 0 rings (SSSR count). The van der Waals surface area contributed by atoms with E-state index in [4.69, 9.17) is 5.11 Å². The van der Waals surface area contributed by atoms with Crippen molar-refractivity contribution in [2.75, 3.05) is 14.1 Å². The summed E-state index contributed by atoms with van der Waals surface area (Å²) in [4.78, 5) is 23.6. The van der Waals surface area contributed by atoms with Gasteiger partial charge in [0, 0.05) is 19.5 Å². The average Bonchev–Trinajstić information content (AvgIpc) is 1.99. The summed E-state index contributed by atoms with van der Waals surface area (Å²) >= 11 is 0. The minimum Gasteiger partial charge on any atom is -0.481 e. The highest BCUT2D eigenvalue weighted by atomic mass is 16.4. The summed E-state index contributed by atoms with van der Waals surface area (Å²) in [6, 6.07) is 0. The first-order valence-electron chi connectivity index (χ1n) is 4.36. The van der Waals surface area contributed by atoms with Gasteiger partial charge in [-0.3, -0.25) is 9.59 Å². The summed E-state index contributed by atoms with van der Waals surface area (Å²) in [5.74, 6) is -1.37. The Labute approximate surface area is 84.2 Å². The zero-order chi connectivity index (χ0) is 11.4. The molecule has 0 saturated heterocycles. The fraction of sp³-hybridized carbons (Fsp3) is 0.600. The Morgan fingerprint density at radius 2 is 1.86 bits per heavy atom. The van der Waals surface area contributed by atoms with Gasteiger partial charge >= 0.3 is 5.97 Å². The molecule has 0 saturated carbocycles. The highest BCUT2D eigenvalue weighted by Gasteiger charge is 2.26. The second kappa shape index (κ2) is 4.79. The molecule has 0 aliphatic carbocycles. The number of nitrogens with zero attached hydrogens (tertiary/aromatic N) is 1. The van der Waals surface area contributed by atoms with E-state index in [1.165, 1.54) is 0 Å². The lowest BCUT2D eigenvalue weighted by Gasteiger charge is -2.18. The van der Waals surface area contributed by atoms with Crippen LogP contribution in [0.1, 0.15) is 20.3 Å². The molecule has 0 aliphatic rings. The van der Waals surface area contributed by atoms with Crippen LogP contribution in [0.15, 0.2) is 12.3 Å². The maximum absolute atomic E-state index is 11.4. The Kier molecular flexibility index (Phi) is 4.34. The van der Waals surface area contributed by atoms with Crippen molar-refractivity contribution in [3.8, 4) is 0 Å². The Morgan fingerprint density at radius 1 is 1.36 bits per heavy atom. The molecule has 4 nitrogen and oxygen atoms in total. The van der Waals surface area contributed by atoms with Crippen molar-refractivity contribution >= 4 is 11.8 Å². The maximum Gasteiger partial charge on any atom is 0.310 e. The fourth-order valence-corrected chi connectivity index (χ4v) is 0.794. The summed E-state index contributed by atoms with van der Waals surface area (Å²) in [5, 5.41) is 8.47. The molecule has 0 atom stereocenters. The molecule has 14 heavy (non-hydrogen) atoms. The summed E-state index contributed by atoms with van der Waals surface area (Å²) in [5.41, 5.74) is -0.720. The van der Waals surface area contributed by atoms with Crippen LogP contribution in [0, 0.1) is 5.41 Å². The van der Waals surface area contributed by atoms with Gasteiger partial charge in [0.1, 0.15) is 6.42 Å². The highest BCUT2D eigenvalue weighted by Crippen LogP contribution is 2.20. The SMILES string of the molecule is CN(C)C=CC(C)(C)C(=O)CC(=O)O. The van der Waals surface area contributed by atoms with Gasteiger partial charge in [-0.1, -0.05) is 6.08 Å². The minimum atomic E-state index is -1.08. The van der Waals surface area contributed by atoms with Gasteiger partial charge in [0.25, 0.3) is 0 Å². The molecule has 0 heterocycles. The smallest absolute Gasteiger partial charge is 0.310 e. The second-order valence-electron chi connectivity index (χ2n) is 3.99. The second-order valence-corrected chi connectivity index (χ2v) is 3.99. The summed E-state index contributed by atoms with van der Waals surface area (Å²) in [6.45, 7) is 3.41. The van der Waals surface area contributed by atoms with Crippen LogP contribution in [0.4, 0.5) is 0 Å². The molecular formula is C10H17NO3. The van der Waals surface area contributed by atoms with Gasteiger partial charge in [-0.05, 0) is 20.0 Å². The van der Waals surface area contributed by atoms with E-state index in [1.807, 2.05) is 14.1 Å². The number of hydrogen-bond acceptors (Lipinski definition) is 3. The van der Waals surface area contributed by atoms with Crippen LogP contribution in [0.3, 0.4) is 0 Å². The van der Waals surface area contributed by atoms with Gasteiger partial charge in [0.15, 0.2) is 5.78 Å². The number of carboxylic acid groups (broad SMARTS) is 1. The molecule has 0 radical (unpaired) electrons. The Morgan fingerprint density at radius 3 is 2.21 bits per heavy atom. The Hall–Kier alpha value is -1.32. The van der Waals surface area contributed by atoms with Crippen molar-refractivity contribution in [1.82, 2.24) is 4.90 Å². The molecule has 80 valence electrons.